The highest BCUT2D eigenvalue weighted by atomic mass is 16.5. The van der Waals surface area contributed by atoms with Crippen LogP contribution < -0.4 is 9.47 Å². The Morgan fingerprint density at radius 1 is 1.11 bits per heavy atom. The third kappa shape index (κ3) is 2.70. The number of ketones is 1. The van der Waals surface area contributed by atoms with Gasteiger partial charge in [-0.3, -0.25) is 4.79 Å². The van der Waals surface area contributed by atoms with Gasteiger partial charge in [-0.15, -0.1) is 0 Å². The summed E-state index contributed by atoms with van der Waals surface area (Å²) in [4.78, 5) is 20.4. The average molecular weight is 258 g/mol. The number of hydrogen-bond donors (Lipinski definition) is 0. The van der Waals surface area contributed by atoms with Gasteiger partial charge in [0.25, 0.3) is 0 Å². The molecular weight excluding hydrogens is 244 g/mol. The van der Waals surface area contributed by atoms with Crippen molar-refractivity contribution in [1.82, 2.24) is 9.97 Å². The lowest BCUT2D eigenvalue weighted by Gasteiger charge is -2.07. The lowest BCUT2D eigenvalue weighted by Crippen LogP contribution is -2.08. The molecule has 0 saturated carbocycles. The van der Waals surface area contributed by atoms with Crippen molar-refractivity contribution in [3.05, 3.63) is 47.3 Å². The van der Waals surface area contributed by atoms with Gasteiger partial charge >= 0.3 is 0 Å². The van der Waals surface area contributed by atoms with Gasteiger partial charge in [0.05, 0.1) is 20.4 Å². The molecule has 5 heteroatoms. The molecule has 0 N–H and O–H groups in total. The smallest absolute Gasteiger partial charge is 0.247 e. The molecule has 0 radical (unpaired) electrons. The average Bonchev–Trinajstić information content (AvgIpc) is 2.46. The molecule has 0 aliphatic rings. The summed E-state index contributed by atoms with van der Waals surface area (Å²) in [5, 5.41) is 0. The molecule has 0 spiro atoms. The van der Waals surface area contributed by atoms with Crippen molar-refractivity contribution in [1.29, 1.82) is 0 Å². The normalized spacial score (nSPS) is 10.1. The highest BCUT2D eigenvalue weighted by Gasteiger charge is 2.18. The molecule has 0 saturated heterocycles. The monoisotopic (exact) mass is 258 g/mol. The van der Waals surface area contributed by atoms with Gasteiger partial charge in [-0.05, 0) is 6.92 Å². The van der Waals surface area contributed by atoms with Gasteiger partial charge in [0.2, 0.25) is 17.5 Å². The minimum atomic E-state index is -0.230. The number of ether oxygens (including phenoxy) is 2. The van der Waals surface area contributed by atoms with Crippen LogP contribution in [0.2, 0.25) is 0 Å². The fourth-order valence-electron chi connectivity index (χ4n) is 1.59. The molecule has 98 valence electrons. The van der Waals surface area contributed by atoms with Crippen LogP contribution in [-0.2, 0) is 0 Å². The summed E-state index contributed by atoms with van der Waals surface area (Å²) in [7, 11) is 2.92. The second-order valence-electron chi connectivity index (χ2n) is 3.97. The Balaban J connectivity index is 2.40. The Kier molecular flexibility index (Phi) is 3.75. The van der Waals surface area contributed by atoms with Gasteiger partial charge in [-0.1, -0.05) is 29.8 Å². The summed E-state index contributed by atoms with van der Waals surface area (Å²) in [6.45, 7) is 1.96. The van der Waals surface area contributed by atoms with Crippen LogP contribution in [0.5, 0.6) is 11.8 Å². The lowest BCUT2D eigenvalue weighted by atomic mass is 10.1. The topological polar surface area (TPSA) is 61.3 Å². The van der Waals surface area contributed by atoms with Crippen molar-refractivity contribution in [2.75, 3.05) is 14.2 Å². The predicted octanol–water partition coefficient (Wildman–Crippen LogP) is 2.03. The summed E-state index contributed by atoms with van der Waals surface area (Å²) < 4.78 is 10.0. The number of hydrogen-bond acceptors (Lipinski definition) is 5. The second-order valence-corrected chi connectivity index (χ2v) is 3.97. The SMILES string of the molecule is COc1cnc(C(=O)c2ccc(C)cc2)c(OC)n1. The Hall–Kier alpha value is -2.43. The molecular formula is C14H14N2O3. The molecule has 1 heterocycles. The molecule has 0 bridgehead atoms. The van der Waals surface area contributed by atoms with Crippen LogP contribution in [0.3, 0.4) is 0 Å². The molecule has 19 heavy (non-hydrogen) atoms. The molecule has 0 fully saturated rings. The van der Waals surface area contributed by atoms with Crippen LogP contribution in [0.4, 0.5) is 0 Å². The van der Waals surface area contributed by atoms with E-state index in [9.17, 15) is 4.79 Å². The Bertz CT molecular complexity index is 594. The van der Waals surface area contributed by atoms with Crippen molar-refractivity contribution >= 4 is 5.78 Å². The van der Waals surface area contributed by atoms with Crippen molar-refractivity contribution in [2.45, 2.75) is 6.92 Å². The third-order valence-corrected chi connectivity index (χ3v) is 2.65. The maximum absolute atomic E-state index is 12.3. The number of carbonyl (C=O) groups excluding carboxylic acids is 1. The quantitative estimate of drug-likeness (QED) is 0.785. The van der Waals surface area contributed by atoms with E-state index < -0.39 is 0 Å². The molecule has 0 atom stereocenters. The fourth-order valence-corrected chi connectivity index (χ4v) is 1.59. The van der Waals surface area contributed by atoms with E-state index in [2.05, 4.69) is 9.97 Å². The van der Waals surface area contributed by atoms with E-state index in [0.717, 1.165) is 5.56 Å². The number of nitrogens with zero attached hydrogens (tertiary/aromatic N) is 2. The number of aryl methyl sites for hydroxylation is 1. The minimum Gasteiger partial charge on any atom is -0.480 e. The summed E-state index contributed by atoms with van der Waals surface area (Å²) in [5.74, 6) is 0.231. The van der Waals surface area contributed by atoms with E-state index in [1.165, 1.54) is 20.4 Å². The standard InChI is InChI=1S/C14H14N2O3/c1-9-4-6-10(7-5-9)13(17)12-14(19-3)16-11(18-2)8-15-12/h4-8H,1-3H3. The molecule has 0 aliphatic carbocycles. The van der Waals surface area contributed by atoms with Gasteiger partial charge in [0.1, 0.15) is 0 Å². The van der Waals surface area contributed by atoms with Gasteiger partial charge in [0.15, 0.2) is 5.69 Å². The highest BCUT2D eigenvalue weighted by molar-refractivity contribution is 6.09. The first-order valence-corrected chi connectivity index (χ1v) is 5.72. The number of carbonyl (C=O) groups is 1. The maximum Gasteiger partial charge on any atom is 0.247 e. The van der Waals surface area contributed by atoms with E-state index in [-0.39, 0.29) is 17.4 Å². The highest BCUT2D eigenvalue weighted by Crippen LogP contribution is 2.20. The first-order chi connectivity index (χ1) is 9.15. The maximum atomic E-state index is 12.3. The first kappa shape index (κ1) is 13.0. The summed E-state index contributed by atoms with van der Waals surface area (Å²) >= 11 is 0. The van der Waals surface area contributed by atoms with Crippen LogP contribution >= 0.6 is 0 Å². The van der Waals surface area contributed by atoms with Crippen LogP contribution in [0.25, 0.3) is 0 Å². The summed E-state index contributed by atoms with van der Waals surface area (Å²) in [6, 6.07) is 7.25. The van der Waals surface area contributed by atoms with Crippen molar-refractivity contribution in [2.24, 2.45) is 0 Å². The fraction of sp³-hybridized carbons (Fsp3) is 0.214. The van der Waals surface area contributed by atoms with Crippen molar-refractivity contribution in [3.8, 4) is 11.8 Å². The molecule has 0 amide bonds. The Morgan fingerprint density at radius 2 is 1.79 bits per heavy atom. The zero-order valence-electron chi connectivity index (χ0n) is 11.0. The molecule has 2 aromatic rings. The molecule has 0 unspecified atom stereocenters. The molecule has 1 aromatic carbocycles. The molecule has 1 aromatic heterocycles. The lowest BCUT2D eigenvalue weighted by molar-refractivity contribution is 0.103. The Morgan fingerprint density at radius 3 is 2.37 bits per heavy atom. The van der Waals surface area contributed by atoms with E-state index >= 15 is 0 Å². The minimum absolute atomic E-state index is 0.157. The zero-order chi connectivity index (χ0) is 13.8. The van der Waals surface area contributed by atoms with Gasteiger partial charge < -0.3 is 9.47 Å². The van der Waals surface area contributed by atoms with Crippen LogP contribution in [0.15, 0.2) is 30.5 Å². The van der Waals surface area contributed by atoms with Crippen LogP contribution in [0, 0.1) is 6.92 Å². The van der Waals surface area contributed by atoms with Crippen LogP contribution in [0.1, 0.15) is 21.6 Å². The van der Waals surface area contributed by atoms with E-state index in [1.807, 2.05) is 19.1 Å². The number of aromatic nitrogens is 2. The number of methoxy groups -OCH3 is 2. The zero-order valence-corrected chi connectivity index (χ0v) is 11.0. The van der Waals surface area contributed by atoms with E-state index in [1.54, 1.807) is 12.1 Å². The number of rotatable bonds is 4. The Labute approximate surface area is 111 Å². The van der Waals surface area contributed by atoms with Gasteiger partial charge in [-0.2, -0.15) is 4.98 Å². The number of benzene rings is 1. The molecule has 0 aliphatic heterocycles. The first-order valence-electron chi connectivity index (χ1n) is 5.72. The molecule has 5 nitrogen and oxygen atoms in total. The largest absolute Gasteiger partial charge is 0.480 e. The summed E-state index contributed by atoms with van der Waals surface area (Å²) in [5.41, 5.74) is 1.81. The van der Waals surface area contributed by atoms with Crippen molar-refractivity contribution in [3.63, 3.8) is 0 Å². The molecule has 2 rings (SSSR count). The van der Waals surface area contributed by atoms with Crippen LogP contribution in [-0.4, -0.2) is 30.0 Å². The predicted molar refractivity (Wildman–Crippen MR) is 69.7 cm³/mol. The van der Waals surface area contributed by atoms with Crippen molar-refractivity contribution < 1.29 is 14.3 Å². The third-order valence-electron chi connectivity index (χ3n) is 2.65. The van der Waals surface area contributed by atoms with Gasteiger partial charge in [-0.25, -0.2) is 4.98 Å². The van der Waals surface area contributed by atoms with E-state index in [0.29, 0.717) is 11.4 Å². The van der Waals surface area contributed by atoms with E-state index in [4.69, 9.17) is 9.47 Å². The second kappa shape index (κ2) is 5.48. The summed E-state index contributed by atoms with van der Waals surface area (Å²) in [6.07, 6.45) is 1.39. The van der Waals surface area contributed by atoms with Gasteiger partial charge in [0, 0.05) is 5.56 Å².